The third-order valence-electron chi connectivity index (χ3n) is 5.92. The van der Waals surface area contributed by atoms with Gasteiger partial charge in [0, 0.05) is 35.6 Å². The minimum absolute atomic E-state index is 0.00259. The molecule has 2 heterocycles. The Bertz CT molecular complexity index is 1850. The first kappa shape index (κ1) is 17.5. The highest BCUT2D eigenvalue weighted by Gasteiger charge is 2.07. The van der Waals surface area contributed by atoms with Crippen LogP contribution in [0.4, 0.5) is 0 Å². The van der Waals surface area contributed by atoms with E-state index in [1.54, 1.807) is 30.3 Å². The number of hydrogen-bond donors (Lipinski definition) is 0. The maximum Gasteiger partial charge on any atom is 0.197 e. The maximum atomic E-state index is 12.3. The second kappa shape index (κ2) is 7.82. The SMILES string of the molecule is [3H]c1ccc2c(=O)c3ccccc3n(C)c2c1.[3H]c1ccc2c(c1)c(=O)c1ccccc1n2C. The maximum absolute atomic E-state index is 12.3. The Morgan fingerprint density at radius 2 is 0.844 bits per heavy atom. The molecule has 4 heteroatoms. The zero-order valence-corrected chi connectivity index (χ0v) is 17.8. The Hall–Kier alpha value is -4.18. The largest absolute Gasteiger partial charge is 0.343 e. The number of benzene rings is 4. The van der Waals surface area contributed by atoms with Gasteiger partial charge in [-0.25, -0.2) is 0 Å². The molecule has 0 radical (unpaired) electrons. The highest BCUT2D eigenvalue weighted by Crippen LogP contribution is 2.18. The molecule has 0 bridgehead atoms. The molecule has 2 aromatic heterocycles. The summed E-state index contributed by atoms with van der Waals surface area (Å²) in [5.41, 5.74) is 3.53. The van der Waals surface area contributed by atoms with Crippen LogP contribution >= 0.6 is 0 Å². The van der Waals surface area contributed by atoms with Crippen LogP contribution in [0, 0.1) is 0 Å². The molecular formula is C28H22N2O2. The van der Waals surface area contributed by atoms with Gasteiger partial charge in [0.1, 0.15) is 0 Å². The number of hydrogen-bond acceptors (Lipinski definition) is 2. The lowest BCUT2D eigenvalue weighted by molar-refractivity contribution is 1.00. The van der Waals surface area contributed by atoms with Gasteiger partial charge in [0.2, 0.25) is 0 Å². The van der Waals surface area contributed by atoms with Crippen molar-refractivity contribution in [3.8, 4) is 0 Å². The van der Waals surface area contributed by atoms with Gasteiger partial charge in [0.25, 0.3) is 0 Å². The van der Waals surface area contributed by atoms with Crippen LogP contribution in [-0.4, -0.2) is 9.13 Å². The van der Waals surface area contributed by atoms with Crippen molar-refractivity contribution in [3.05, 3.63) is 117 Å². The standard InChI is InChI=1S/2C14H11NO/c2*1-15-12-8-4-2-6-10(12)14(16)11-7-3-5-9-13(11)15/h2*2-9H,1H3/i4T;2T. The quantitative estimate of drug-likeness (QED) is 0.308. The first-order valence-corrected chi connectivity index (χ1v) is 10.3. The molecule has 0 fully saturated rings. The Morgan fingerprint density at radius 1 is 0.500 bits per heavy atom. The molecule has 0 spiro atoms. The van der Waals surface area contributed by atoms with E-state index in [4.69, 9.17) is 2.74 Å². The second-order valence-electron chi connectivity index (χ2n) is 7.70. The monoisotopic (exact) mass is 422 g/mol. The van der Waals surface area contributed by atoms with Crippen molar-refractivity contribution in [1.29, 1.82) is 0 Å². The molecular weight excluding hydrogens is 396 g/mol. The lowest BCUT2D eigenvalue weighted by Crippen LogP contribution is -2.08. The van der Waals surface area contributed by atoms with Crippen LogP contribution in [0.3, 0.4) is 0 Å². The Kier molecular flexibility index (Phi) is 4.27. The van der Waals surface area contributed by atoms with Gasteiger partial charge in [-0.15, -0.1) is 0 Å². The molecule has 4 nitrogen and oxygen atoms in total. The average Bonchev–Trinajstić information content (AvgIpc) is 2.86. The van der Waals surface area contributed by atoms with E-state index in [0.29, 0.717) is 28.2 Å². The van der Waals surface area contributed by atoms with Gasteiger partial charge in [0.05, 0.1) is 24.8 Å². The lowest BCUT2D eigenvalue weighted by atomic mass is 10.1. The molecule has 32 heavy (non-hydrogen) atoms. The molecule has 6 aromatic rings. The van der Waals surface area contributed by atoms with E-state index in [9.17, 15) is 9.59 Å². The predicted octanol–water partition coefficient (Wildman–Crippen LogP) is 5.38. The summed E-state index contributed by atoms with van der Waals surface area (Å²) in [5, 5.41) is 2.70. The zero-order chi connectivity index (χ0) is 24.0. The minimum Gasteiger partial charge on any atom is -0.343 e. The van der Waals surface area contributed by atoms with Crippen LogP contribution in [0.1, 0.15) is 2.74 Å². The van der Waals surface area contributed by atoms with Gasteiger partial charge in [-0.1, -0.05) is 48.5 Å². The number of aryl methyl sites for hydroxylation is 2. The van der Waals surface area contributed by atoms with Crippen molar-refractivity contribution in [2.24, 2.45) is 14.1 Å². The fourth-order valence-corrected chi connectivity index (χ4v) is 4.25. The van der Waals surface area contributed by atoms with Crippen LogP contribution in [0.25, 0.3) is 43.6 Å². The first-order valence-electron chi connectivity index (χ1n) is 11.3. The van der Waals surface area contributed by atoms with Crippen molar-refractivity contribution in [1.82, 2.24) is 9.13 Å². The summed E-state index contributed by atoms with van der Waals surface area (Å²) >= 11 is 0. The van der Waals surface area contributed by atoms with E-state index < -0.39 is 0 Å². The average molecular weight is 423 g/mol. The molecule has 0 saturated heterocycles. The number of rotatable bonds is 0. The van der Waals surface area contributed by atoms with Crippen molar-refractivity contribution >= 4 is 43.6 Å². The van der Waals surface area contributed by atoms with E-state index in [1.807, 2.05) is 77.8 Å². The van der Waals surface area contributed by atoms with Gasteiger partial charge in [-0.05, 0) is 48.5 Å². The molecule has 0 aliphatic heterocycles. The number of para-hydroxylation sites is 4. The minimum atomic E-state index is 0.00259. The van der Waals surface area contributed by atoms with E-state index in [2.05, 4.69) is 0 Å². The molecule has 0 aliphatic carbocycles. The van der Waals surface area contributed by atoms with Crippen LogP contribution in [-0.2, 0) is 14.1 Å². The van der Waals surface area contributed by atoms with Gasteiger partial charge in [-0.2, -0.15) is 0 Å². The van der Waals surface area contributed by atoms with Crippen LogP contribution in [0.15, 0.2) is 107 Å². The van der Waals surface area contributed by atoms with Crippen molar-refractivity contribution in [2.45, 2.75) is 0 Å². The summed E-state index contributed by atoms with van der Waals surface area (Å²) in [6.45, 7) is 0. The molecule has 0 N–H and O–H groups in total. The van der Waals surface area contributed by atoms with Gasteiger partial charge < -0.3 is 9.13 Å². The zero-order valence-electron chi connectivity index (χ0n) is 19.8. The van der Waals surface area contributed by atoms with Crippen molar-refractivity contribution in [2.75, 3.05) is 0 Å². The molecule has 0 amide bonds. The molecule has 156 valence electrons. The molecule has 0 unspecified atom stereocenters. The van der Waals surface area contributed by atoms with Crippen LogP contribution in [0.2, 0.25) is 0 Å². The second-order valence-corrected chi connectivity index (χ2v) is 7.70. The molecule has 6 rings (SSSR count). The summed E-state index contributed by atoms with van der Waals surface area (Å²) in [5.74, 6) is 0. The van der Waals surface area contributed by atoms with Crippen LogP contribution < -0.4 is 10.9 Å². The highest BCUT2D eigenvalue weighted by molar-refractivity contribution is 5.94. The molecule has 0 atom stereocenters. The first-order chi connectivity index (χ1) is 16.4. The predicted molar refractivity (Wildman–Crippen MR) is 133 cm³/mol. The molecule has 4 aromatic carbocycles. The summed E-state index contributed by atoms with van der Waals surface area (Å²) in [7, 11) is 3.86. The Balaban J connectivity index is 0.000000142. The van der Waals surface area contributed by atoms with Gasteiger partial charge in [0.15, 0.2) is 10.9 Å². The summed E-state index contributed by atoms with van der Waals surface area (Å²) < 4.78 is 19.2. The third-order valence-corrected chi connectivity index (χ3v) is 5.92. The number of aromatic nitrogens is 2. The summed E-state index contributed by atoms with van der Waals surface area (Å²) in [6, 6.07) is 26.1. The summed E-state index contributed by atoms with van der Waals surface area (Å²) in [4.78, 5) is 24.6. The normalized spacial score (nSPS) is 11.9. The van der Waals surface area contributed by atoms with Crippen molar-refractivity contribution in [3.63, 3.8) is 0 Å². The van der Waals surface area contributed by atoms with E-state index in [-0.39, 0.29) is 10.9 Å². The molecule has 0 saturated carbocycles. The van der Waals surface area contributed by atoms with E-state index in [1.165, 1.54) is 0 Å². The lowest BCUT2D eigenvalue weighted by Gasteiger charge is -2.09. The third kappa shape index (κ3) is 3.08. The van der Waals surface area contributed by atoms with E-state index >= 15 is 0 Å². The molecule has 0 aliphatic rings. The topological polar surface area (TPSA) is 44.0 Å². The summed E-state index contributed by atoms with van der Waals surface area (Å²) in [6.07, 6.45) is 0. The van der Waals surface area contributed by atoms with Gasteiger partial charge >= 0.3 is 0 Å². The smallest absolute Gasteiger partial charge is 0.197 e. The fraction of sp³-hybridized carbons (Fsp3) is 0.0714. The van der Waals surface area contributed by atoms with Crippen molar-refractivity contribution < 1.29 is 2.74 Å². The van der Waals surface area contributed by atoms with Crippen LogP contribution in [0.5, 0.6) is 0 Å². The number of fused-ring (bicyclic) bond motifs is 4. The number of pyridine rings is 2. The van der Waals surface area contributed by atoms with Gasteiger partial charge in [-0.3, -0.25) is 9.59 Å². The number of nitrogens with zero attached hydrogens (tertiary/aromatic N) is 2. The Labute approximate surface area is 187 Å². The fourth-order valence-electron chi connectivity index (χ4n) is 4.25. The van der Waals surface area contributed by atoms with E-state index in [0.717, 1.165) is 27.5 Å². The highest BCUT2D eigenvalue weighted by atomic mass is 16.1. The Morgan fingerprint density at radius 3 is 1.41 bits per heavy atom.